The number of carbonyl (C=O) groups is 1. The van der Waals surface area contributed by atoms with Crippen LogP contribution in [0, 0.1) is 5.82 Å². The zero-order chi connectivity index (χ0) is 36.7. The maximum atomic E-state index is 15.8. The molecular formula is C38H45ClF2N6O4Si. The van der Waals surface area contributed by atoms with Crippen molar-refractivity contribution in [1.82, 2.24) is 19.9 Å². The lowest BCUT2D eigenvalue weighted by Crippen LogP contribution is -2.66. The van der Waals surface area contributed by atoms with E-state index in [1.54, 1.807) is 0 Å². The molecule has 3 aliphatic heterocycles. The Bertz CT molecular complexity index is 1880. The van der Waals surface area contributed by atoms with Crippen molar-refractivity contribution in [3.63, 3.8) is 0 Å². The van der Waals surface area contributed by atoms with E-state index in [-0.39, 0.29) is 54.0 Å². The van der Waals surface area contributed by atoms with Crippen molar-refractivity contribution in [3.8, 4) is 11.9 Å². The van der Waals surface area contributed by atoms with Crippen LogP contribution in [0.4, 0.5) is 14.6 Å². The van der Waals surface area contributed by atoms with Gasteiger partial charge >= 0.3 is 6.01 Å². The summed E-state index contributed by atoms with van der Waals surface area (Å²) in [5.74, 6) is -0.967. The van der Waals surface area contributed by atoms with E-state index < -0.39 is 42.9 Å². The number of aromatic nitrogens is 3. The lowest BCUT2D eigenvalue weighted by molar-refractivity contribution is -0.117. The average Bonchev–Trinajstić information content (AvgIpc) is 3.60. The Kier molecular flexibility index (Phi) is 10.2. The van der Waals surface area contributed by atoms with Crippen LogP contribution in [0.15, 0.2) is 60.7 Å². The minimum Gasteiger partial charge on any atom is -0.475 e. The first kappa shape index (κ1) is 36.4. The zero-order valence-electron chi connectivity index (χ0n) is 29.8. The minimum absolute atomic E-state index is 0.00253. The molecule has 0 radical (unpaired) electrons. The highest BCUT2D eigenvalue weighted by Crippen LogP contribution is 2.43. The number of nitrogens with two attached hydrogens (primary N) is 1. The van der Waals surface area contributed by atoms with E-state index in [0.717, 1.165) is 29.8 Å². The monoisotopic (exact) mass is 750 g/mol. The van der Waals surface area contributed by atoms with Crippen molar-refractivity contribution in [2.45, 2.75) is 75.7 Å². The smallest absolute Gasteiger partial charge is 0.319 e. The van der Waals surface area contributed by atoms with Crippen LogP contribution in [0.1, 0.15) is 52.9 Å². The fourth-order valence-electron chi connectivity index (χ4n) is 8.41. The molecule has 14 heteroatoms. The zero-order valence-corrected chi connectivity index (χ0v) is 31.5. The molecule has 2 N–H and O–H groups in total. The number of amides is 1. The van der Waals surface area contributed by atoms with Gasteiger partial charge in [0.1, 0.15) is 36.1 Å². The highest BCUT2D eigenvalue weighted by molar-refractivity contribution is 6.99. The quantitative estimate of drug-likeness (QED) is 0.155. The molecule has 10 nitrogen and oxygen atoms in total. The van der Waals surface area contributed by atoms with Crippen molar-refractivity contribution in [2.24, 2.45) is 5.73 Å². The van der Waals surface area contributed by atoms with Crippen molar-refractivity contribution in [1.29, 1.82) is 0 Å². The van der Waals surface area contributed by atoms with Crippen molar-refractivity contribution in [2.75, 3.05) is 44.4 Å². The van der Waals surface area contributed by atoms with Crippen molar-refractivity contribution >= 4 is 52.9 Å². The highest BCUT2D eigenvalue weighted by Gasteiger charge is 2.51. The molecule has 2 aromatic heterocycles. The van der Waals surface area contributed by atoms with Gasteiger partial charge in [-0.25, -0.2) is 8.78 Å². The van der Waals surface area contributed by atoms with Gasteiger partial charge in [0.05, 0.1) is 11.6 Å². The molecule has 1 amide bonds. The highest BCUT2D eigenvalue weighted by atomic mass is 35.5. The molecule has 4 aromatic rings. The summed E-state index contributed by atoms with van der Waals surface area (Å²) in [5, 5.41) is 1.89. The number of anilines is 1. The molecule has 7 rings (SSSR count). The van der Waals surface area contributed by atoms with Gasteiger partial charge in [-0.15, -0.1) is 0 Å². The third-order valence-electron chi connectivity index (χ3n) is 10.8. The first-order chi connectivity index (χ1) is 24.9. The first-order valence-corrected chi connectivity index (χ1v) is 20.2. The lowest BCUT2D eigenvalue weighted by Gasteiger charge is -2.43. The number of hydrogen-bond donors (Lipinski definition) is 1. The molecule has 2 fully saturated rings. The summed E-state index contributed by atoms with van der Waals surface area (Å²) in [7, 11) is -2.87. The number of halogens is 3. The predicted octanol–water partition coefficient (Wildman–Crippen LogP) is 5.18. The van der Waals surface area contributed by atoms with E-state index in [1.165, 1.54) is 0 Å². The molecule has 0 unspecified atom stereocenters. The molecule has 52 heavy (non-hydrogen) atoms. The Morgan fingerprint density at radius 2 is 1.79 bits per heavy atom. The fraction of sp³-hybridized carbons (Fsp3) is 0.474. The standard InChI is InChI=1S/C38H45ClF2N6O4Si/c1-37(2,3)52(27-11-6-4-7-12-27,28-13-8-5-9-14-28)51-20-16-26-23-49-35-30-32(31(41)33(39)44-35)43-36(45-34(30)47(26)19-15-29(42)48)50-24-38-17-10-18-46(38)22-25(40)21-38/h4-9,11-14,25-26H,10,15-24H2,1-3H3,(H2,42,48)/t25-,26+,38+/m1/s1. The van der Waals surface area contributed by atoms with Crippen LogP contribution in [0.3, 0.4) is 0 Å². The van der Waals surface area contributed by atoms with Gasteiger partial charge in [0.15, 0.2) is 11.0 Å². The van der Waals surface area contributed by atoms with Gasteiger partial charge in [-0.05, 0) is 41.2 Å². The Morgan fingerprint density at radius 1 is 1.10 bits per heavy atom. The number of nitrogens with zero attached hydrogens (tertiary/aromatic N) is 5. The van der Waals surface area contributed by atoms with Crippen LogP contribution in [-0.2, 0) is 9.22 Å². The molecule has 0 aliphatic carbocycles. The maximum Gasteiger partial charge on any atom is 0.319 e. The summed E-state index contributed by atoms with van der Waals surface area (Å²) in [5.41, 5.74) is 5.09. The molecule has 0 saturated carbocycles. The van der Waals surface area contributed by atoms with Gasteiger partial charge in [-0.1, -0.05) is 93.0 Å². The van der Waals surface area contributed by atoms with Crippen LogP contribution in [0.2, 0.25) is 10.2 Å². The number of carbonyl (C=O) groups excluding carboxylic acids is 1. The third kappa shape index (κ3) is 6.72. The summed E-state index contributed by atoms with van der Waals surface area (Å²) < 4.78 is 50.0. The summed E-state index contributed by atoms with van der Waals surface area (Å²) in [4.78, 5) is 29.7. The summed E-state index contributed by atoms with van der Waals surface area (Å²) in [6, 6.07) is 20.3. The number of rotatable bonds is 12. The van der Waals surface area contributed by atoms with E-state index in [0.29, 0.717) is 31.8 Å². The van der Waals surface area contributed by atoms with Gasteiger partial charge in [0, 0.05) is 32.5 Å². The van der Waals surface area contributed by atoms with Crippen LogP contribution < -0.4 is 30.5 Å². The van der Waals surface area contributed by atoms with Crippen LogP contribution >= 0.6 is 11.6 Å². The Morgan fingerprint density at radius 3 is 2.44 bits per heavy atom. The second kappa shape index (κ2) is 14.5. The van der Waals surface area contributed by atoms with Crippen molar-refractivity contribution in [3.05, 3.63) is 71.6 Å². The average molecular weight is 751 g/mol. The molecule has 5 heterocycles. The number of benzene rings is 2. The minimum atomic E-state index is -2.87. The van der Waals surface area contributed by atoms with E-state index in [4.69, 9.17) is 36.2 Å². The van der Waals surface area contributed by atoms with E-state index in [1.807, 2.05) is 41.3 Å². The molecule has 276 valence electrons. The van der Waals surface area contributed by atoms with Crippen LogP contribution in [0.5, 0.6) is 11.9 Å². The van der Waals surface area contributed by atoms with E-state index >= 15 is 4.39 Å². The number of primary amides is 1. The lowest BCUT2D eigenvalue weighted by atomic mass is 9.95. The van der Waals surface area contributed by atoms with Crippen LogP contribution in [-0.4, -0.2) is 91.3 Å². The van der Waals surface area contributed by atoms with Crippen LogP contribution in [0.25, 0.3) is 10.9 Å². The number of alkyl halides is 1. The first-order valence-electron chi connectivity index (χ1n) is 17.9. The molecule has 2 saturated heterocycles. The maximum absolute atomic E-state index is 15.8. The van der Waals surface area contributed by atoms with Gasteiger partial charge < -0.3 is 24.5 Å². The molecule has 3 atom stereocenters. The Balaban J connectivity index is 1.24. The normalized spacial score (nSPS) is 21.9. The molecule has 0 bridgehead atoms. The van der Waals surface area contributed by atoms with Gasteiger partial charge in [0.25, 0.3) is 8.32 Å². The fourth-order valence-corrected chi connectivity index (χ4v) is 13.2. The topological polar surface area (TPSA) is 116 Å². The van der Waals surface area contributed by atoms with E-state index in [2.05, 4.69) is 59.9 Å². The van der Waals surface area contributed by atoms with Crippen molar-refractivity contribution < 1.29 is 27.5 Å². The number of fused-ring (bicyclic) bond motifs is 1. The summed E-state index contributed by atoms with van der Waals surface area (Å²) in [6.45, 7) is 8.59. The summed E-state index contributed by atoms with van der Waals surface area (Å²) in [6.07, 6.45) is 1.61. The number of hydrogen-bond acceptors (Lipinski definition) is 9. The second-order valence-electron chi connectivity index (χ2n) is 15.1. The van der Waals surface area contributed by atoms with Gasteiger partial charge in [0.2, 0.25) is 11.8 Å². The SMILES string of the molecule is CC(C)(C)[Si](OCC[C@H]1COc2nc(Cl)c(F)c3nc(OC[C@@]45CCCN4C[C@H](F)C5)nc(c23)N1CCC(N)=O)(c1ccccc1)c1ccccc1. The largest absolute Gasteiger partial charge is 0.475 e. The Hall–Kier alpha value is -3.91. The second-order valence-corrected chi connectivity index (χ2v) is 19.8. The molecule has 2 aromatic carbocycles. The number of pyridine rings is 1. The molecule has 0 spiro atoms. The Labute approximate surface area is 308 Å². The van der Waals surface area contributed by atoms with Gasteiger partial charge in [-0.2, -0.15) is 15.0 Å². The number of ether oxygens (including phenoxy) is 2. The predicted molar refractivity (Wildman–Crippen MR) is 199 cm³/mol. The third-order valence-corrected chi connectivity index (χ3v) is 16.1. The summed E-state index contributed by atoms with van der Waals surface area (Å²) >= 11 is 6.28. The molecule has 3 aliphatic rings. The molecular weight excluding hydrogens is 706 g/mol. The van der Waals surface area contributed by atoms with E-state index in [9.17, 15) is 9.18 Å². The van der Waals surface area contributed by atoms with Gasteiger partial charge in [-0.3, -0.25) is 9.69 Å².